The summed E-state index contributed by atoms with van der Waals surface area (Å²) >= 11 is 0. The number of likely N-dealkylation sites (tertiary alicyclic amines) is 1. The number of benzene rings is 1. The smallest absolute Gasteiger partial charge is 0.290 e. The Morgan fingerprint density at radius 3 is 2.81 bits per heavy atom. The van der Waals surface area contributed by atoms with Crippen molar-refractivity contribution in [2.75, 3.05) is 19.7 Å². The summed E-state index contributed by atoms with van der Waals surface area (Å²) in [5.41, 5.74) is 1.14. The zero-order valence-electron chi connectivity index (χ0n) is 15.6. The zero-order valence-corrected chi connectivity index (χ0v) is 15.6. The first kappa shape index (κ1) is 19.2. The van der Waals surface area contributed by atoms with E-state index < -0.39 is 6.04 Å². The molecule has 2 amide bonds. The summed E-state index contributed by atoms with van der Waals surface area (Å²) in [6.45, 7) is 3.69. The van der Waals surface area contributed by atoms with Crippen molar-refractivity contribution in [3.05, 3.63) is 60.1 Å². The molecular formula is C21H26N2O4. The SMILES string of the molecule is CC(OCCCNC(=O)C1CCCN1C(=O)c1ccco1)c1ccccc1. The van der Waals surface area contributed by atoms with Crippen LogP contribution >= 0.6 is 0 Å². The molecule has 27 heavy (non-hydrogen) atoms. The number of hydrogen-bond donors (Lipinski definition) is 1. The summed E-state index contributed by atoms with van der Waals surface area (Å²) in [5, 5.41) is 2.92. The van der Waals surface area contributed by atoms with Gasteiger partial charge in [-0.15, -0.1) is 0 Å². The van der Waals surface area contributed by atoms with Gasteiger partial charge in [-0.05, 0) is 43.9 Å². The summed E-state index contributed by atoms with van der Waals surface area (Å²) in [6.07, 6.45) is 3.72. The molecule has 144 valence electrons. The maximum atomic E-state index is 12.5. The first-order valence-electron chi connectivity index (χ1n) is 9.45. The van der Waals surface area contributed by atoms with Crippen LogP contribution < -0.4 is 5.32 Å². The number of nitrogens with one attached hydrogen (secondary N) is 1. The van der Waals surface area contributed by atoms with Gasteiger partial charge in [0.25, 0.3) is 5.91 Å². The van der Waals surface area contributed by atoms with Crippen molar-refractivity contribution in [1.82, 2.24) is 10.2 Å². The molecule has 1 saturated heterocycles. The van der Waals surface area contributed by atoms with Gasteiger partial charge in [0.1, 0.15) is 6.04 Å². The molecule has 1 aromatic heterocycles. The minimum Gasteiger partial charge on any atom is -0.459 e. The van der Waals surface area contributed by atoms with Crippen molar-refractivity contribution in [3.8, 4) is 0 Å². The Kier molecular flexibility index (Phi) is 6.65. The van der Waals surface area contributed by atoms with Crippen LogP contribution in [0, 0.1) is 0 Å². The predicted octanol–water partition coefficient (Wildman–Crippen LogP) is 3.17. The summed E-state index contributed by atoms with van der Waals surface area (Å²) in [5.74, 6) is -0.0563. The second kappa shape index (κ2) is 9.37. The summed E-state index contributed by atoms with van der Waals surface area (Å²) in [6, 6.07) is 12.9. The lowest BCUT2D eigenvalue weighted by Gasteiger charge is -2.23. The molecule has 1 fully saturated rings. The van der Waals surface area contributed by atoms with Gasteiger partial charge >= 0.3 is 0 Å². The Bertz CT molecular complexity index is 730. The van der Waals surface area contributed by atoms with E-state index in [0.29, 0.717) is 26.1 Å². The highest BCUT2D eigenvalue weighted by atomic mass is 16.5. The zero-order chi connectivity index (χ0) is 19.1. The molecule has 2 aromatic rings. The molecule has 0 aliphatic carbocycles. The molecule has 0 bridgehead atoms. The lowest BCUT2D eigenvalue weighted by molar-refractivity contribution is -0.124. The molecule has 2 atom stereocenters. The molecule has 0 radical (unpaired) electrons. The molecule has 1 aliphatic rings. The molecule has 1 aliphatic heterocycles. The van der Waals surface area contributed by atoms with Gasteiger partial charge in [0, 0.05) is 19.7 Å². The van der Waals surface area contributed by atoms with Crippen molar-refractivity contribution in [2.24, 2.45) is 0 Å². The van der Waals surface area contributed by atoms with Gasteiger partial charge in [-0.1, -0.05) is 30.3 Å². The molecule has 0 saturated carbocycles. The van der Waals surface area contributed by atoms with Gasteiger partial charge in [0.15, 0.2) is 5.76 Å². The first-order valence-corrected chi connectivity index (χ1v) is 9.45. The fourth-order valence-corrected chi connectivity index (χ4v) is 3.31. The molecule has 1 aromatic carbocycles. The summed E-state index contributed by atoms with van der Waals surface area (Å²) in [4.78, 5) is 26.5. The van der Waals surface area contributed by atoms with E-state index in [4.69, 9.17) is 9.15 Å². The van der Waals surface area contributed by atoms with E-state index in [-0.39, 0.29) is 23.7 Å². The maximum Gasteiger partial charge on any atom is 0.290 e. The van der Waals surface area contributed by atoms with Crippen LogP contribution in [0.3, 0.4) is 0 Å². The number of nitrogens with zero attached hydrogens (tertiary/aromatic N) is 1. The summed E-state index contributed by atoms with van der Waals surface area (Å²) < 4.78 is 11.0. The van der Waals surface area contributed by atoms with E-state index in [9.17, 15) is 9.59 Å². The minimum absolute atomic E-state index is 0.0261. The van der Waals surface area contributed by atoms with E-state index in [2.05, 4.69) is 5.32 Å². The number of hydrogen-bond acceptors (Lipinski definition) is 4. The molecule has 6 heteroatoms. The highest BCUT2D eigenvalue weighted by Crippen LogP contribution is 2.20. The van der Waals surface area contributed by atoms with Gasteiger partial charge in [0.2, 0.25) is 5.91 Å². The minimum atomic E-state index is -0.424. The molecule has 3 rings (SSSR count). The summed E-state index contributed by atoms with van der Waals surface area (Å²) in [7, 11) is 0. The Balaban J connectivity index is 1.39. The lowest BCUT2D eigenvalue weighted by atomic mass is 10.1. The molecule has 0 spiro atoms. The number of carbonyl (C=O) groups excluding carboxylic acids is 2. The normalized spacial score (nSPS) is 17.7. The fourth-order valence-electron chi connectivity index (χ4n) is 3.31. The average Bonchev–Trinajstić information content (AvgIpc) is 3.39. The lowest BCUT2D eigenvalue weighted by Crippen LogP contribution is -2.46. The van der Waals surface area contributed by atoms with Gasteiger partial charge in [-0.3, -0.25) is 9.59 Å². The first-order chi connectivity index (χ1) is 13.2. The van der Waals surface area contributed by atoms with Gasteiger partial charge in [0.05, 0.1) is 12.4 Å². The number of amides is 2. The van der Waals surface area contributed by atoms with Crippen molar-refractivity contribution in [2.45, 2.75) is 38.3 Å². The largest absolute Gasteiger partial charge is 0.459 e. The Morgan fingerprint density at radius 1 is 1.26 bits per heavy atom. The second-order valence-electron chi connectivity index (χ2n) is 6.70. The average molecular weight is 370 g/mol. The van der Waals surface area contributed by atoms with Crippen LogP contribution in [0.5, 0.6) is 0 Å². The molecular weight excluding hydrogens is 344 g/mol. The monoisotopic (exact) mass is 370 g/mol. The third-order valence-corrected chi connectivity index (χ3v) is 4.81. The Hall–Kier alpha value is -2.60. The van der Waals surface area contributed by atoms with Gasteiger partial charge in [-0.2, -0.15) is 0 Å². The number of rotatable bonds is 8. The number of carbonyl (C=O) groups is 2. The van der Waals surface area contributed by atoms with E-state index in [1.54, 1.807) is 17.0 Å². The van der Waals surface area contributed by atoms with Gasteiger partial charge < -0.3 is 19.4 Å². The maximum absolute atomic E-state index is 12.5. The molecule has 1 N–H and O–H groups in total. The van der Waals surface area contributed by atoms with E-state index in [0.717, 1.165) is 18.4 Å². The van der Waals surface area contributed by atoms with Crippen LogP contribution in [-0.4, -0.2) is 42.5 Å². The highest BCUT2D eigenvalue weighted by Gasteiger charge is 2.35. The van der Waals surface area contributed by atoms with Crippen molar-refractivity contribution < 1.29 is 18.7 Å². The molecule has 6 nitrogen and oxygen atoms in total. The van der Waals surface area contributed by atoms with E-state index in [1.165, 1.54) is 6.26 Å². The number of ether oxygens (including phenoxy) is 1. The fraction of sp³-hybridized carbons (Fsp3) is 0.429. The molecule has 2 heterocycles. The van der Waals surface area contributed by atoms with Crippen LogP contribution in [0.4, 0.5) is 0 Å². The second-order valence-corrected chi connectivity index (χ2v) is 6.70. The Morgan fingerprint density at radius 2 is 2.07 bits per heavy atom. The van der Waals surface area contributed by atoms with Gasteiger partial charge in [-0.25, -0.2) is 0 Å². The van der Waals surface area contributed by atoms with Crippen LogP contribution in [0.1, 0.15) is 48.4 Å². The number of furan rings is 1. The van der Waals surface area contributed by atoms with Crippen LogP contribution in [0.15, 0.2) is 53.1 Å². The van der Waals surface area contributed by atoms with Crippen LogP contribution in [-0.2, 0) is 9.53 Å². The van der Waals surface area contributed by atoms with E-state index >= 15 is 0 Å². The quantitative estimate of drug-likeness (QED) is 0.725. The topological polar surface area (TPSA) is 71.8 Å². The van der Waals surface area contributed by atoms with Crippen LogP contribution in [0.2, 0.25) is 0 Å². The van der Waals surface area contributed by atoms with Crippen molar-refractivity contribution in [3.63, 3.8) is 0 Å². The standard InChI is InChI=1S/C21H26N2O4/c1-16(17-8-3-2-4-9-17)26-15-7-12-22-20(24)18-10-5-13-23(18)21(25)19-11-6-14-27-19/h2-4,6,8-9,11,14,16,18H,5,7,10,12-13,15H2,1H3,(H,22,24). The van der Waals surface area contributed by atoms with Crippen LogP contribution in [0.25, 0.3) is 0 Å². The molecule has 2 unspecified atom stereocenters. The van der Waals surface area contributed by atoms with E-state index in [1.807, 2.05) is 37.3 Å². The highest BCUT2D eigenvalue weighted by molar-refractivity contribution is 5.95. The third kappa shape index (κ3) is 4.98. The van der Waals surface area contributed by atoms with Crippen molar-refractivity contribution in [1.29, 1.82) is 0 Å². The predicted molar refractivity (Wildman–Crippen MR) is 101 cm³/mol. The third-order valence-electron chi connectivity index (χ3n) is 4.81. The van der Waals surface area contributed by atoms with Crippen molar-refractivity contribution >= 4 is 11.8 Å². The Labute approximate surface area is 159 Å².